The Labute approximate surface area is 161 Å². The number of fused-ring (bicyclic) bond motifs is 8. The van der Waals surface area contributed by atoms with E-state index in [-0.39, 0.29) is 0 Å². The Morgan fingerprint density at radius 3 is 1.04 bits per heavy atom. The van der Waals surface area contributed by atoms with Crippen LogP contribution in [0.2, 0.25) is 0 Å². The van der Waals surface area contributed by atoms with Gasteiger partial charge in [-0.05, 0) is 72.8 Å². The summed E-state index contributed by atoms with van der Waals surface area (Å²) in [5.41, 5.74) is 7.43. The SMILES string of the molecule is Sn1c2ccc1cc1nc(cc3ccc(cc4nc(c2)C=C4)n3S)C=C1. The van der Waals surface area contributed by atoms with Crippen molar-refractivity contribution in [2.24, 2.45) is 0 Å². The summed E-state index contributed by atoms with van der Waals surface area (Å²) >= 11 is 9.22. The van der Waals surface area contributed by atoms with Gasteiger partial charge < -0.3 is 0 Å². The van der Waals surface area contributed by atoms with Gasteiger partial charge in [0, 0.05) is 0 Å². The molecule has 3 aromatic heterocycles. The van der Waals surface area contributed by atoms with Crippen LogP contribution < -0.4 is 0 Å². The van der Waals surface area contributed by atoms with Crippen LogP contribution in [0.1, 0.15) is 22.8 Å². The van der Waals surface area contributed by atoms with E-state index >= 15 is 0 Å². The van der Waals surface area contributed by atoms with E-state index in [1.165, 1.54) is 0 Å². The molecule has 0 aromatic carbocycles. The third-order valence-corrected chi connectivity index (χ3v) is 5.30. The molecule has 5 heterocycles. The quantitative estimate of drug-likeness (QED) is 0.375. The minimum Gasteiger partial charge on any atom is -0.287 e. The first kappa shape index (κ1) is 15.5. The van der Waals surface area contributed by atoms with Gasteiger partial charge in [-0.25, -0.2) is 9.97 Å². The Hall–Kier alpha value is -2.70. The van der Waals surface area contributed by atoms with Crippen molar-refractivity contribution < 1.29 is 0 Å². The lowest BCUT2D eigenvalue weighted by atomic mass is 10.3. The number of thiol groups is 2. The lowest BCUT2D eigenvalue weighted by molar-refractivity contribution is 1.30. The highest BCUT2D eigenvalue weighted by Crippen LogP contribution is 2.21. The summed E-state index contributed by atoms with van der Waals surface area (Å²) in [7, 11) is 0. The van der Waals surface area contributed by atoms with Gasteiger partial charge in [-0.2, -0.15) is 0 Å². The van der Waals surface area contributed by atoms with Crippen molar-refractivity contribution >= 4 is 72.0 Å². The third kappa shape index (κ3) is 2.67. The van der Waals surface area contributed by atoms with Crippen LogP contribution in [-0.4, -0.2) is 17.9 Å². The van der Waals surface area contributed by atoms with Crippen LogP contribution in [0.3, 0.4) is 0 Å². The monoisotopic (exact) mass is 374 g/mol. The minimum atomic E-state index is 0.890. The lowest BCUT2D eigenvalue weighted by Crippen LogP contribution is -1.82. The van der Waals surface area contributed by atoms with Gasteiger partial charge in [-0.1, -0.05) is 25.6 Å². The molecule has 0 saturated heterocycles. The Kier molecular flexibility index (Phi) is 3.55. The normalized spacial score (nSPS) is 12.7. The molecule has 5 rings (SSSR count). The molecule has 4 nitrogen and oxygen atoms in total. The van der Waals surface area contributed by atoms with E-state index in [2.05, 4.69) is 35.6 Å². The van der Waals surface area contributed by atoms with Crippen molar-refractivity contribution in [1.82, 2.24) is 17.9 Å². The maximum absolute atomic E-state index is 4.66. The van der Waals surface area contributed by atoms with Crippen LogP contribution in [0.4, 0.5) is 0 Å². The second-order valence-corrected chi connectivity index (χ2v) is 6.96. The van der Waals surface area contributed by atoms with Crippen LogP contribution in [0.25, 0.3) is 46.4 Å². The van der Waals surface area contributed by atoms with Crippen molar-refractivity contribution in [3.8, 4) is 0 Å². The van der Waals surface area contributed by atoms with Gasteiger partial charge in [0.2, 0.25) is 0 Å². The summed E-state index contributed by atoms with van der Waals surface area (Å²) < 4.78 is 3.68. The van der Waals surface area contributed by atoms with Gasteiger partial charge in [0.25, 0.3) is 0 Å². The predicted molar refractivity (Wildman–Crippen MR) is 115 cm³/mol. The summed E-state index contributed by atoms with van der Waals surface area (Å²) in [4.78, 5) is 9.32. The second-order valence-electron chi connectivity index (χ2n) is 6.16. The molecule has 0 N–H and O–H groups in total. The fraction of sp³-hybridized carbons (Fsp3) is 0. The number of rotatable bonds is 0. The van der Waals surface area contributed by atoms with Crippen molar-refractivity contribution in [2.45, 2.75) is 0 Å². The average Bonchev–Trinajstić information content (AvgIpc) is 3.39. The smallest absolute Gasteiger partial charge is 0.0658 e. The molecule has 3 aromatic rings. The van der Waals surface area contributed by atoms with Crippen molar-refractivity contribution in [3.63, 3.8) is 0 Å². The first-order chi connectivity index (χ1) is 12.7. The molecule has 2 aliphatic rings. The van der Waals surface area contributed by atoms with E-state index in [1.807, 2.05) is 80.8 Å². The molecule has 0 atom stereocenters. The maximum atomic E-state index is 4.66. The van der Waals surface area contributed by atoms with Crippen molar-refractivity contribution in [2.75, 3.05) is 0 Å². The highest BCUT2D eigenvalue weighted by atomic mass is 32.1. The van der Waals surface area contributed by atoms with E-state index in [0.29, 0.717) is 0 Å². The first-order valence-electron chi connectivity index (χ1n) is 8.14. The summed E-state index contributed by atoms with van der Waals surface area (Å²) in [6.45, 7) is 0. The van der Waals surface area contributed by atoms with Crippen molar-refractivity contribution in [3.05, 3.63) is 71.3 Å². The molecule has 0 radical (unpaired) electrons. The van der Waals surface area contributed by atoms with Crippen LogP contribution in [0.5, 0.6) is 0 Å². The van der Waals surface area contributed by atoms with Gasteiger partial charge in [0.1, 0.15) is 0 Å². The Morgan fingerprint density at radius 1 is 0.500 bits per heavy atom. The molecule has 0 spiro atoms. The van der Waals surface area contributed by atoms with E-state index in [9.17, 15) is 0 Å². The van der Waals surface area contributed by atoms with Crippen LogP contribution in [0.15, 0.2) is 48.5 Å². The maximum Gasteiger partial charge on any atom is 0.0658 e. The molecule has 26 heavy (non-hydrogen) atoms. The molecule has 0 aliphatic carbocycles. The molecule has 0 unspecified atom stereocenters. The zero-order valence-corrected chi connectivity index (χ0v) is 15.4. The van der Waals surface area contributed by atoms with Crippen LogP contribution in [0, 0.1) is 0 Å². The zero-order valence-electron chi connectivity index (χ0n) is 13.6. The summed E-state index contributed by atoms with van der Waals surface area (Å²) in [6, 6.07) is 16.1. The molecule has 8 bridgehead atoms. The van der Waals surface area contributed by atoms with E-state index in [1.54, 1.807) is 0 Å². The third-order valence-electron chi connectivity index (χ3n) is 4.38. The molecule has 2 aliphatic heterocycles. The Morgan fingerprint density at radius 2 is 0.769 bits per heavy atom. The molecule has 6 heteroatoms. The van der Waals surface area contributed by atoms with Gasteiger partial charge in [0.05, 0.1) is 44.8 Å². The Balaban J connectivity index is 1.91. The highest BCUT2D eigenvalue weighted by molar-refractivity contribution is 7.79. The number of nitrogens with zero attached hydrogens (tertiary/aromatic N) is 4. The molecule has 0 amide bonds. The average molecular weight is 374 g/mol. The minimum absolute atomic E-state index is 0.890. The van der Waals surface area contributed by atoms with E-state index in [4.69, 9.17) is 0 Å². The summed E-state index contributed by atoms with van der Waals surface area (Å²) in [5.74, 6) is 0. The molecular formula is C20H14N4S2. The van der Waals surface area contributed by atoms with Crippen LogP contribution in [-0.2, 0) is 0 Å². The van der Waals surface area contributed by atoms with E-state index in [0.717, 1.165) is 44.8 Å². The lowest BCUT2D eigenvalue weighted by Gasteiger charge is -1.95. The zero-order chi connectivity index (χ0) is 17.7. The highest BCUT2D eigenvalue weighted by Gasteiger charge is 2.04. The molecule has 126 valence electrons. The number of hydrogen-bond acceptors (Lipinski definition) is 4. The first-order valence-corrected chi connectivity index (χ1v) is 8.94. The second kappa shape index (κ2) is 5.93. The number of hydrogen-bond donors (Lipinski definition) is 2. The molecule has 0 saturated carbocycles. The predicted octanol–water partition coefficient (Wildman–Crippen LogP) is 4.99. The Bertz CT molecular complexity index is 1080. The number of aromatic nitrogens is 4. The van der Waals surface area contributed by atoms with Gasteiger partial charge in [0.15, 0.2) is 0 Å². The van der Waals surface area contributed by atoms with Crippen molar-refractivity contribution in [1.29, 1.82) is 0 Å². The fourth-order valence-electron chi connectivity index (χ4n) is 3.08. The van der Waals surface area contributed by atoms with E-state index < -0.39 is 0 Å². The molecule has 0 fully saturated rings. The summed E-state index contributed by atoms with van der Waals surface area (Å²) in [6.07, 6.45) is 7.99. The standard InChI is InChI=1S/C20H14N4S2/c25-23-17-5-6-19(23)11-15-3-4-16(22-15)12-20-8-7-18(24(20)26)10-14-2-1-13(9-17)21-14/h1-12,25-26H. The molecular weight excluding hydrogens is 360 g/mol. The fourth-order valence-corrected chi connectivity index (χ4v) is 3.57. The van der Waals surface area contributed by atoms with Gasteiger partial charge >= 0.3 is 0 Å². The topological polar surface area (TPSA) is 35.6 Å². The van der Waals surface area contributed by atoms with Gasteiger partial charge in [-0.15, -0.1) is 0 Å². The van der Waals surface area contributed by atoms with Gasteiger partial charge in [-0.3, -0.25) is 7.94 Å². The van der Waals surface area contributed by atoms with Crippen LogP contribution >= 0.6 is 25.6 Å². The largest absolute Gasteiger partial charge is 0.287 e. The summed E-state index contributed by atoms with van der Waals surface area (Å²) in [5, 5.41) is 0.